The Kier molecular flexibility index (Phi) is 5.60. The molecule has 0 radical (unpaired) electrons. The summed E-state index contributed by atoms with van der Waals surface area (Å²) < 4.78 is 5.86. The van der Waals surface area contributed by atoms with Crippen LogP contribution in [-0.4, -0.2) is 21.4 Å². The number of para-hydroxylation sites is 1. The maximum Gasteiger partial charge on any atom is 0.363 e. The zero-order valence-electron chi connectivity index (χ0n) is 13.9. The molecular weight excluding hydrogens is 354 g/mol. The third kappa shape index (κ3) is 4.67. The molecule has 0 atom stereocenters. The van der Waals surface area contributed by atoms with Crippen molar-refractivity contribution in [2.75, 3.05) is 5.43 Å². The van der Waals surface area contributed by atoms with Crippen LogP contribution in [0.2, 0.25) is 5.02 Å². The van der Waals surface area contributed by atoms with Gasteiger partial charge in [0.1, 0.15) is 18.1 Å². The van der Waals surface area contributed by atoms with E-state index in [-0.39, 0.29) is 0 Å². The third-order valence-corrected chi connectivity index (χ3v) is 3.73. The van der Waals surface area contributed by atoms with Crippen LogP contribution in [-0.2, 0) is 6.61 Å². The Balaban J connectivity index is 1.69. The molecule has 0 saturated heterocycles. The summed E-state index contributed by atoms with van der Waals surface area (Å²) in [4.78, 5) is 15.0. The van der Waals surface area contributed by atoms with Gasteiger partial charge >= 0.3 is 5.69 Å². The van der Waals surface area contributed by atoms with Crippen molar-refractivity contribution in [2.24, 2.45) is 5.10 Å². The molecule has 132 valence electrons. The molecule has 2 aromatic carbocycles. The van der Waals surface area contributed by atoms with Gasteiger partial charge in [0.05, 0.1) is 6.21 Å². The molecule has 0 amide bonds. The van der Waals surface area contributed by atoms with E-state index in [9.17, 15) is 4.79 Å². The first-order chi connectivity index (χ1) is 12.6. The normalized spacial score (nSPS) is 10.8. The number of nitrogens with zero attached hydrogens (tertiary/aromatic N) is 3. The van der Waals surface area contributed by atoms with Crippen molar-refractivity contribution in [1.82, 2.24) is 15.2 Å². The van der Waals surface area contributed by atoms with Crippen LogP contribution in [0.4, 0.5) is 5.82 Å². The van der Waals surface area contributed by atoms with E-state index in [1.807, 2.05) is 48.5 Å². The quantitative estimate of drug-likeness (QED) is 0.514. The Labute approximate surface area is 154 Å². The zero-order valence-corrected chi connectivity index (χ0v) is 14.7. The number of hydrogen-bond donors (Lipinski definition) is 2. The van der Waals surface area contributed by atoms with E-state index in [1.165, 1.54) is 0 Å². The highest BCUT2D eigenvalue weighted by Gasteiger charge is 2.03. The molecule has 0 spiro atoms. The van der Waals surface area contributed by atoms with Gasteiger partial charge in [0.15, 0.2) is 5.82 Å². The minimum absolute atomic E-state index is 0.296. The van der Waals surface area contributed by atoms with E-state index in [4.69, 9.17) is 16.3 Å². The van der Waals surface area contributed by atoms with Crippen molar-refractivity contribution < 1.29 is 4.74 Å². The van der Waals surface area contributed by atoms with E-state index < -0.39 is 5.69 Å². The first-order valence-corrected chi connectivity index (χ1v) is 8.18. The first-order valence-electron chi connectivity index (χ1n) is 7.80. The zero-order chi connectivity index (χ0) is 18.4. The van der Waals surface area contributed by atoms with Crippen molar-refractivity contribution in [3.8, 4) is 5.75 Å². The lowest BCUT2D eigenvalue weighted by Gasteiger charge is -2.09. The van der Waals surface area contributed by atoms with Crippen molar-refractivity contribution in [3.63, 3.8) is 0 Å². The number of aromatic nitrogens is 3. The Morgan fingerprint density at radius 1 is 1.23 bits per heavy atom. The number of anilines is 1. The average Bonchev–Trinajstić information content (AvgIpc) is 2.65. The lowest BCUT2D eigenvalue weighted by Crippen LogP contribution is -2.15. The maximum absolute atomic E-state index is 11.2. The second-order valence-electron chi connectivity index (χ2n) is 5.40. The van der Waals surface area contributed by atoms with Crippen LogP contribution in [0.5, 0.6) is 5.75 Å². The fraction of sp³-hybridized carbons (Fsp3) is 0.111. The van der Waals surface area contributed by atoms with Gasteiger partial charge in [-0.2, -0.15) is 15.2 Å². The van der Waals surface area contributed by atoms with Crippen molar-refractivity contribution >= 4 is 23.6 Å². The maximum atomic E-state index is 11.2. The minimum atomic E-state index is -0.542. The second-order valence-corrected chi connectivity index (χ2v) is 5.83. The van der Waals surface area contributed by atoms with Gasteiger partial charge in [0, 0.05) is 10.6 Å². The molecule has 1 heterocycles. The Morgan fingerprint density at radius 2 is 2.00 bits per heavy atom. The summed E-state index contributed by atoms with van der Waals surface area (Å²) in [5.41, 5.74) is 4.50. The summed E-state index contributed by atoms with van der Waals surface area (Å²) in [6, 6.07) is 15.0. The SMILES string of the molecule is Cc1n[nH]c(=O)nc1N/N=C/c1ccccc1OCc1ccc(Cl)cc1. The van der Waals surface area contributed by atoms with Crippen LogP contribution >= 0.6 is 11.6 Å². The summed E-state index contributed by atoms with van der Waals surface area (Å²) in [5.74, 6) is 0.978. The predicted octanol–water partition coefficient (Wildman–Crippen LogP) is 3.15. The largest absolute Gasteiger partial charge is 0.488 e. The Hall–Kier alpha value is -3.19. The van der Waals surface area contributed by atoms with Crippen LogP contribution in [0, 0.1) is 6.92 Å². The number of aromatic amines is 1. The molecule has 0 unspecified atom stereocenters. The first kappa shape index (κ1) is 17.6. The number of rotatable bonds is 6. The van der Waals surface area contributed by atoms with Gasteiger partial charge in [0.2, 0.25) is 0 Å². The van der Waals surface area contributed by atoms with Gasteiger partial charge in [-0.1, -0.05) is 35.9 Å². The van der Waals surface area contributed by atoms with E-state index in [0.29, 0.717) is 28.9 Å². The molecule has 0 aliphatic heterocycles. The third-order valence-electron chi connectivity index (χ3n) is 3.48. The topological polar surface area (TPSA) is 92.3 Å². The molecule has 2 N–H and O–H groups in total. The number of H-pyrrole nitrogens is 1. The van der Waals surface area contributed by atoms with Gasteiger partial charge in [0.25, 0.3) is 0 Å². The highest BCUT2D eigenvalue weighted by atomic mass is 35.5. The van der Waals surface area contributed by atoms with Crippen molar-refractivity contribution in [3.05, 3.63) is 80.9 Å². The number of benzene rings is 2. The molecule has 1 aromatic heterocycles. The number of hydrazone groups is 1. The predicted molar refractivity (Wildman–Crippen MR) is 101 cm³/mol. The fourth-order valence-corrected chi connectivity index (χ4v) is 2.25. The molecule has 26 heavy (non-hydrogen) atoms. The fourth-order valence-electron chi connectivity index (χ4n) is 2.12. The molecule has 0 aliphatic carbocycles. The molecule has 3 aromatic rings. The van der Waals surface area contributed by atoms with Crippen molar-refractivity contribution in [1.29, 1.82) is 0 Å². The van der Waals surface area contributed by atoms with Crippen LogP contribution < -0.4 is 15.9 Å². The van der Waals surface area contributed by atoms with E-state index in [1.54, 1.807) is 13.1 Å². The lowest BCUT2D eigenvalue weighted by molar-refractivity contribution is 0.306. The Morgan fingerprint density at radius 3 is 2.81 bits per heavy atom. The number of ether oxygens (including phenoxy) is 1. The van der Waals surface area contributed by atoms with E-state index in [2.05, 4.69) is 25.7 Å². The molecule has 0 aliphatic rings. The summed E-state index contributed by atoms with van der Waals surface area (Å²) >= 11 is 5.89. The summed E-state index contributed by atoms with van der Waals surface area (Å²) in [5, 5.41) is 10.9. The monoisotopic (exact) mass is 369 g/mol. The van der Waals surface area contributed by atoms with Crippen LogP contribution in [0.1, 0.15) is 16.8 Å². The standard InChI is InChI=1S/C18H16ClN5O2/c1-12-17(21-18(25)24-22-12)23-20-10-14-4-2-3-5-16(14)26-11-13-6-8-15(19)9-7-13/h2-10H,11H2,1H3,(H2,21,23,24,25)/b20-10+. The highest BCUT2D eigenvalue weighted by molar-refractivity contribution is 6.30. The van der Waals surface area contributed by atoms with Gasteiger partial charge in [-0.05, 0) is 36.8 Å². The van der Waals surface area contributed by atoms with Gasteiger partial charge in [-0.15, -0.1) is 0 Å². The number of halogens is 1. The Bertz CT molecular complexity index is 970. The summed E-state index contributed by atoms with van der Waals surface area (Å²) in [7, 11) is 0. The van der Waals surface area contributed by atoms with Gasteiger partial charge < -0.3 is 4.74 Å². The van der Waals surface area contributed by atoms with Crippen LogP contribution in [0.3, 0.4) is 0 Å². The average molecular weight is 370 g/mol. The van der Waals surface area contributed by atoms with Crippen LogP contribution in [0.15, 0.2) is 58.4 Å². The summed E-state index contributed by atoms with van der Waals surface area (Å²) in [6.45, 7) is 2.12. The summed E-state index contributed by atoms with van der Waals surface area (Å²) in [6.07, 6.45) is 1.60. The molecule has 3 rings (SSSR count). The van der Waals surface area contributed by atoms with E-state index in [0.717, 1.165) is 11.1 Å². The van der Waals surface area contributed by atoms with Gasteiger partial charge in [-0.3, -0.25) is 5.43 Å². The lowest BCUT2D eigenvalue weighted by atomic mass is 10.2. The number of hydrogen-bond acceptors (Lipinski definition) is 6. The number of nitrogens with one attached hydrogen (secondary N) is 2. The molecule has 0 saturated carbocycles. The minimum Gasteiger partial charge on any atom is -0.488 e. The van der Waals surface area contributed by atoms with Crippen molar-refractivity contribution in [2.45, 2.75) is 13.5 Å². The smallest absolute Gasteiger partial charge is 0.363 e. The molecular formula is C18H16ClN5O2. The molecule has 0 bridgehead atoms. The number of aryl methyl sites for hydroxylation is 1. The van der Waals surface area contributed by atoms with Gasteiger partial charge in [-0.25, -0.2) is 9.89 Å². The molecule has 0 fully saturated rings. The van der Waals surface area contributed by atoms with E-state index >= 15 is 0 Å². The second kappa shape index (κ2) is 8.26. The molecule has 8 heteroatoms. The van der Waals surface area contributed by atoms with Crippen LogP contribution in [0.25, 0.3) is 0 Å². The highest BCUT2D eigenvalue weighted by Crippen LogP contribution is 2.18. The molecule has 7 nitrogen and oxygen atoms in total.